The van der Waals surface area contributed by atoms with Gasteiger partial charge in [-0.25, -0.2) is 9.50 Å². The van der Waals surface area contributed by atoms with E-state index in [2.05, 4.69) is 16.2 Å². The van der Waals surface area contributed by atoms with Crippen molar-refractivity contribution in [3.8, 4) is 17.3 Å². The standard InChI is InChI=1S/C19H17N5O/c1-2-23(19(25)13-6-7-13)16-5-3-4-14(10-16)17-8-9-21-18-15(11-20)12-22-24(17)18/h3-5,8-10,12-13H,2,6-7H2,1H3. The predicted octanol–water partition coefficient (Wildman–Crippen LogP) is 3.03. The quantitative estimate of drug-likeness (QED) is 0.736. The minimum absolute atomic E-state index is 0.181. The Hall–Kier alpha value is -3.20. The second-order valence-corrected chi connectivity index (χ2v) is 6.14. The molecule has 3 aromatic rings. The van der Waals surface area contributed by atoms with Crippen molar-refractivity contribution in [2.24, 2.45) is 5.92 Å². The second-order valence-electron chi connectivity index (χ2n) is 6.14. The maximum absolute atomic E-state index is 12.5. The molecule has 0 spiro atoms. The third kappa shape index (κ3) is 2.64. The molecule has 2 heterocycles. The molecule has 0 radical (unpaired) electrons. The number of carbonyl (C=O) groups excluding carboxylic acids is 1. The number of carbonyl (C=O) groups is 1. The number of aromatic nitrogens is 3. The third-order valence-corrected chi connectivity index (χ3v) is 4.48. The van der Waals surface area contributed by atoms with Crippen LogP contribution < -0.4 is 4.90 Å². The van der Waals surface area contributed by atoms with E-state index >= 15 is 0 Å². The summed E-state index contributed by atoms with van der Waals surface area (Å²) in [6, 6.07) is 11.8. The van der Waals surface area contributed by atoms with Crippen LogP contribution in [-0.4, -0.2) is 27.0 Å². The molecule has 4 rings (SSSR count). The van der Waals surface area contributed by atoms with Gasteiger partial charge in [0.05, 0.1) is 11.9 Å². The zero-order valence-electron chi connectivity index (χ0n) is 13.9. The lowest BCUT2D eigenvalue weighted by atomic mass is 10.1. The molecule has 6 heteroatoms. The number of hydrogen-bond acceptors (Lipinski definition) is 4. The molecule has 0 saturated heterocycles. The van der Waals surface area contributed by atoms with E-state index in [1.165, 1.54) is 6.20 Å². The molecule has 6 nitrogen and oxygen atoms in total. The number of nitrogens with zero attached hydrogens (tertiary/aromatic N) is 5. The highest BCUT2D eigenvalue weighted by Gasteiger charge is 2.33. The highest BCUT2D eigenvalue weighted by Crippen LogP contribution is 2.33. The molecule has 25 heavy (non-hydrogen) atoms. The highest BCUT2D eigenvalue weighted by atomic mass is 16.2. The van der Waals surface area contributed by atoms with Gasteiger partial charge in [0.2, 0.25) is 5.91 Å². The normalized spacial score (nSPS) is 13.6. The Morgan fingerprint density at radius 1 is 1.40 bits per heavy atom. The molecule has 1 aliphatic rings. The molecule has 2 aromatic heterocycles. The maximum Gasteiger partial charge on any atom is 0.230 e. The van der Waals surface area contributed by atoms with Crippen LogP contribution in [0.3, 0.4) is 0 Å². The Labute approximate surface area is 145 Å². The van der Waals surface area contributed by atoms with Crippen LogP contribution >= 0.6 is 0 Å². The molecule has 1 aromatic carbocycles. The Morgan fingerprint density at radius 2 is 2.24 bits per heavy atom. The van der Waals surface area contributed by atoms with Crippen LogP contribution in [0, 0.1) is 17.2 Å². The summed E-state index contributed by atoms with van der Waals surface area (Å²) in [5.41, 5.74) is 3.63. The fourth-order valence-corrected chi connectivity index (χ4v) is 3.04. The second kappa shape index (κ2) is 6.02. The summed E-state index contributed by atoms with van der Waals surface area (Å²) in [4.78, 5) is 18.6. The van der Waals surface area contributed by atoms with E-state index in [-0.39, 0.29) is 11.8 Å². The Kier molecular flexibility index (Phi) is 3.69. The minimum Gasteiger partial charge on any atom is -0.312 e. The van der Waals surface area contributed by atoms with Crippen molar-refractivity contribution < 1.29 is 4.79 Å². The van der Waals surface area contributed by atoms with Crippen molar-refractivity contribution >= 4 is 17.2 Å². The molecule has 0 bridgehead atoms. The molecule has 0 unspecified atom stereocenters. The van der Waals surface area contributed by atoms with Crippen molar-refractivity contribution in [3.63, 3.8) is 0 Å². The van der Waals surface area contributed by atoms with E-state index in [0.29, 0.717) is 17.8 Å². The monoisotopic (exact) mass is 331 g/mol. The first kappa shape index (κ1) is 15.3. The van der Waals surface area contributed by atoms with Crippen molar-refractivity contribution in [1.82, 2.24) is 14.6 Å². The van der Waals surface area contributed by atoms with Gasteiger partial charge in [-0.15, -0.1) is 0 Å². The highest BCUT2D eigenvalue weighted by molar-refractivity contribution is 5.96. The molecule has 124 valence electrons. The van der Waals surface area contributed by atoms with Crippen LogP contribution in [0.2, 0.25) is 0 Å². The summed E-state index contributed by atoms with van der Waals surface area (Å²) in [6.45, 7) is 2.63. The van der Waals surface area contributed by atoms with Gasteiger partial charge in [-0.1, -0.05) is 12.1 Å². The number of rotatable bonds is 4. The van der Waals surface area contributed by atoms with Gasteiger partial charge in [0.15, 0.2) is 5.65 Å². The Balaban J connectivity index is 1.78. The molecule has 0 N–H and O–H groups in total. The van der Waals surface area contributed by atoms with Crippen LogP contribution in [0.1, 0.15) is 25.3 Å². The van der Waals surface area contributed by atoms with Gasteiger partial charge in [-0.3, -0.25) is 4.79 Å². The first-order valence-electron chi connectivity index (χ1n) is 8.37. The van der Waals surface area contributed by atoms with Gasteiger partial charge >= 0.3 is 0 Å². The molecule has 1 aliphatic carbocycles. The molecular formula is C19H17N5O. The fourth-order valence-electron chi connectivity index (χ4n) is 3.04. The van der Waals surface area contributed by atoms with Crippen LogP contribution in [0.4, 0.5) is 5.69 Å². The number of anilines is 1. The van der Waals surface area contributed by atoms with E-state index in [0.717, 1.165) is 29.8 Å². The molecule has 0 atom stereocenters. The lowest BCUT2D eigenvalue weighted by Gasteiger charge is -2.21. The topological polar surface area (TPSA) is 74.3 Å². The SMILES string of the molecule is CCN(C(=O)C1CC1)c1cccc(-c2ccnc3c(C#N)cnn23)c1. The number of fused-ring (bicyclic) bond motifs is 1. The van der Waals surface area contributed by atoms with E-state index in [4.69, 9.17) is 5.26 Å². The third-order valence-electron chi connectivity index (χ3n) is 4.48. The first-order chi connectivity index (χ1) is 12.2. The van der Waals surface area contributed by atoms with Crippen molar-refractivity contribution in [1.29, 1.82) is 5.26 Å². The summed E-state index contributed by atoms with van der Waals surface area (Å²) in [5, 5.41) is 13.5. The number of hydrogen-bond donors (Lipinski definition) is 0. The van der Waals surface area contributed by atoms with Gasteiger partial charge in [0.25, 0.3) is 0 Å². The van der Waals surface area contributed by atoms with Crippen molar-refractivity contribution in [3.05, 3.63) is 48.3 Å². The number of benzene rings is 1. The molecule has 0 aliphatic heterocycles. The van der Waals surface area contributed by atoms with Crippen LogP contribution in [-0.2, 0) is 4.79 Å². The fraction of sp³-hybridized carbons (Fsp3) is 0.263. The average molecular weight is 331 g/mol. The number of nitriles is 1. The van der Waals surface area contributed by atoms with E-state index in [1.807, 2.05) is 42.2 Å². The van der Waals surface area contributed by atoms with Crippen LogP contribution in [0.15, 0.2) is 42.7 Å². The van der Waals surface area contributed by atoms with Gasteiger partial charge in [-0.05, 0) is 38.0 Å². The van der Waals surface area contributed by atoms with Gasteiger partial charge in [0, 0.05) is 29.9 Å². The summed E-state index contributed by atoms with van der Waals surface area (Å²) in [7, 11) is 0. The van der Waals surface area contributed by atoms with E-state index in [9.17, 15) is 4.79 Å². The Morgan fingerprint density at radius 3 is 2.96 bits per heavy atom. The Bertz CT molecular complexity index is 996. The maximum atomic E-state index is 12.5. The zero-order chi connectivity index (χ0) is 17.4. The lowest BCUT2D eigenvalue weighted by molar-refractivity contribution is -0.119. The largest absolute Gasteiger partial charge is 0.312 e. The number of amides is 1. The van der Waals surface area contributed by atoms with Gasteiger partial charge < -0.3 is 4.90 Å². The first-order valence-corrected chi connectivity index (χ1v) is 8.37. The van der Waals surface area contributed by atoms with Crippen LogP contribution in [0.5, 0.6) is 0 Å². The minimum atomic E-state index is 0.181. The predicted molar refractivity (Wildman–Crippen MR) is 93.9 cm³/mol. The van der Waals surface area contributed by atoms with Crippen LogP contribution in [0.25, 0.3) is 16.9 Å². The molecule has 1 saturated carbocycles. The summed E-state index contributed by atoms with van der Waals surface area (Å²) in [5.74, 6) is 0.380. The molecule has 1 amide bonds. The summed E-state index contributed by atoms with van der Waals surface area (Å²) in [6.07, 6.45) is 5.17. The van der Waals surface area contributed by atoms with E-state index in [1.54, 1.807) is 10.7 Å². The lowest BCUT2D eigenvalue weighted by Crippen LogP contribution is -2.31. The molecule has 1 fully saturated rings. The smallest absolute Gasteiger partial charge is 0.230 e. The summed E-state index contributed by atoms with van der Waals surface area (Å²) >= 11 is 0. The average Bonchev–Trinajstić information content (AvgIpc) is 3.41. The molecular weight excluding hydrogens is 314 g/mol. The summed E-state index contributed by atoms with van der Waals surface area (Å²) < 4.78 is 1.66. The van der Waals surface area contributed by atoms with E-state index < -0.39 is 0 Å². The zero-order valence-corrected chi connectivity index (χ0v) is 13.9. The van der Waals surface area contributed by atoms with Crippen molar-refractivity contribution in [2.75, 3.05) is 11.4 Å². The van der Waals surface area contributed by atoms with Gasteiger partial charge in [-0.2, -0.15) is 10.4 Å². The van der Waals surface area contributed by atoms with Gasteiger partial charge in [0.1, 0.15) is 11.6 Å². The van der Waals surface area contributed by atoms with Crippen molar-refractivity contribution in [2.45, 2.75) is 19.8 Å².